The zero-order valence-electron chi connectivity index (χ0n) is 15.8. The van der Waals surface area contributed by atoms with Crippen LogP contribution >= 0.6 is 11.8 Å². The number of nitrogens with one attached hydrogen (secondary N) is 2. The van der Waals surface area contributed by atoms with E-state index in [9.17, 15) is 4.79 Å². The fourth-order valence-corrected chi connectivity index (χ4v) is 2.99. The molecule has 138 valence electrons. The molecule has 3 aromatic rings. The molecule has 0 aliphatic carbocycles. The number of aromatic nitrogens is 6. The van der Waals surface area contributed by atoms with E-state index in [1.807, 2.05) is 26.2 Å². The number of hydrogen-bond donors (Lipinski definition) is 2. The van der Waals surface area contributed by atoms with E-state index in [0.29, 0.717) is 16.8 Å². The molecule has 26 heavy (non-hydrogen) atoms. The minimum absolute atomic E-state index is 0.0554. The van der Waals surface area contributed by atoms with Crippen LogP contribution in [0.3, 0.4) is 0 Å². The minimum atomic E-state index is -0.144. The largest absolute Gasteiger partial charge is 0.309 e. The highest BCUT2D eigenvalue weighted by Gasteiger charge is 2.19. The lowest BCUT2D eigenvalue weighted by Crippen LogP contribution is -2.18. The first kappa shape index (κ1) is 18.4. The van der Waals surface area contributed by atoms with Crippen LogP contribution in [0.5, 0.6) is 0 Å². The van der Waals surface area contributed by atoms with Gasteiger partial charge >= 0.3 is 0 Å². The number of carbonyl (C=O) groups excluding carboxylic acids is 1. The highest BCUT2D eigenvalue weighted by molar-refractivity contribution is 7.98. The average molecular weight is 373 g/mol. The summed E-state index contributed by atoms with van der Waals surface area (Å²) in [7, 11) is 0. The van der Waals surface area contributed by atoms with E-state index in [4.69, 9.17) is 0 Å². The lowest BCUT2D eigenvalue weighted by Gasteiger charge is -2.14. The Kier molecular flexibility index (Phi) is 4.74. The van der Waals surface area contributed by atoms with Crippen molar-refractivity contribution in [3.63, 3.8) is 0 Å². The van der Waals surface area contributed by atoms with Gasteiger partial charge in [-0.05, 0) is 20.1 Å². The maximum atomic E-state index is 12.5. The maximum absolute atomic E-state index is 12.5. The second kappa shape index (κ2) is 6.71. The van der Waals surface area contributed by atoms with E-state index < -0.39 is 0 Å². The number of aryl methyl sites for hydroxylation is 2. The molecule has 0 saturated heterocycles. The summed E-state index contributed by atoms with van der Waals surface area (Å²) in [6.07, 6.45) is 2.12. The van der Waals surface area contributed by atoms with E-state index >= 15 is 0 Å². The Bertz CT molecular complexity index is 968. The van der Waals surface area contributed by atoms with E-state index in [2.05, 4.69) is 51.4 Å². The smallest absolute Gasteiger partial charge is 0.253 e. The summed E-state index contributed by atoms with van der Waals surface area (Å²) in [5.41, 5.74) is 3.41. The van der Waals surface area contributed by atoms with Gasteiger partial charge in [0.05, 0.1) is 6.42 Å². The normalized spacial score (nSPS) is 11.9. The number of nitrogens with zero attached hydrogens (tertiary/aromatic N) is 5. The predicted molar refractivity (Wildman–Crippen MR) is 102 cm³/mol. The van der Waals surface area contributed by atoms with Crippen molar-refractivity contribution >= 4 is 29.3 Å². The quantitative estimate of drug-likeness (QED) is 0.682. The highest BCUT2D eigenvalue weighted by atomic mass is 32.2. The van der Waals surface area contributed by atoms with Crippen molar-refractivity contribution in [3.8, 4) is 0 Å². The summed E-state index contributed by atoms with van der Waals surface area (Å²) in [4.78, 5) is 21.3. The van der Waals surface area contributed by atoms with Gasteiger partial charge in [0.1, 0.15) is 0 Å². The fourth-order valence-electron chi connectivity index (χ4n) is 2.65. The molecule has 0 unspecified atom stereocenters. The summed E-state index contributed by atoms with van der Waals surface area (Å²) in [5.74, 6) is 0.930. The van der Waals surface area contributed by atoms with Crippen molar-refractivity contribution in [2.75, 3.05) is 11.6 Å². The third-order valence-electron chi connectivity index (χ3n) is 4.20. The van der Waals surface area contributed by atoms with Gasteiger partial charge < -0.3 is 5.32 Å². The molecule has 9 heteroatoms. The monoisotopic (exact) mass is 373 g/mol. The number of H-pyrrole nitrogens is 1. The van der Waals surface area contributed by atoms with Gasteiger partial charge in [-0.1, -0.05) is 32.5 Å². The van der Waals surface area contributed by atoms with Crippen molar-refractivity contribution in [3.05, 3.63) is 28.7 Å². The van der Waals surface area contributed by atoms with Crippen LogP contribution in [0.25, 0.3) is 5.78 Å². The molecule has 2 N–H and O–H groups in total. The molecule has 0 saturated carbocycles. The summed E-state index contributed by atoms with van der Waals surface area (Å²) in [5, 5.41) is 15.1. The van der Waals surface area contributed by atoms with Gasteiger partial charge in [-0.15, -0.1) is 5.10 Å². The average Bonchev–Trinajstić information content (AvgIpc) is 3.17. The first-order valence-corrected chi connectivity index (χ1v) is 9.54. The van der Waals surface area contributed by atoms with Crippen LogP contribution < -0.4 is 5.32 Å². The molecule has 8 nitrogen and oxygen atoms in total. The molecule has 0 aromatic carbocycles. The number of thioether (sulfide) groups is 1. The van der Waals surface area contributed by atoms with Gasteiger partial charge in [0.15, 0.2) is 5.82 Å². The van der Waals surface area contributed by atoms with Gasteiger partial charge in [0.2, 0.25) is 11.1 Å². The van der Waals surface area contributed by atoms with Gasteiger partial charge in [-0.3, -0.25) is 9.89 Å². The molecule has 3 heterocycles. The highest BCUT2D eigenvalue weighted by Crippen LogP contribution is 2.22. The number of carbonyl (C=O) groups is 1. The minimum Gasteiger partial charge on any atom is -0.309 e. The first-order chi connectivity index (χ1) is 12.2. The molecule has 0 fully saturated rings. The Morgan fingerprint density at radius 1 is 1.31 bits per heavy atom. The van der Waals surface area contributed by atoms with E-state index in [1.54, 1.807) is 4.52 Å². The zero-order valence-corrected chi connectivity index (χ0v) is 16.7. The van der Waals surface area contributed by atoms with Gasteiger partial charge in [-0.2, -0.15) is 10.1 Å². The lowest BCUT2D eigenvalue weighted by atomic mass is 9.92. The molecule has 0 spiro atoms. The summed E-state index contributed by atoms with van der Waals surface area (Å²) in [6.45, 7) is 10.1. The number of fused-ring (bicyclic) bond motifs is 1. The van der Waals surface area contributed by atoms with Crippen molar-refractivity contribution in [2.24, 2.45) is 0 Å². The number of hydrogen-bond acceptors (Lipinski definition) is 6. The van der Waals surface area contributed by atoms with Crippen LogP contribution in [0.1, 0.15) is 43.4 Å². The molecule has 3 rings (SSSR count). The van der Waals surface area contributed by atoms with E-state index in [1.165, 1.54) is 11.8 Å². The SMILES string of the molecule is CSc1nc2nc(C)c(CC(=O)Nc3cc(C(C)(C)C)[nH]n3)c(C)n2n1. The van der Waals surface area contributed by atoms with Crippen molar-refractivity contribution in [1.82, 2.24) is 29.8 Å². The molecular formula is C17H23N7OS. The summed E-state index contributed by atoms with van der Waals surface area (Å²) >= 11 is 1.46. The predicted octanol–water partition coefficient (Wildman–Crippen LogP) is 2.66. The lowest BCUT2D eigenvalue weighted by molar-refractivity contribution is -0.115. The van der Waals surface area contributed by atoms with Gasteiger partial charge in [0.25, 0.3) is 5.78 Å². The van der Waals surface area contributed by atoms with Crippen molar-refractivity contribution in [1.29, 1.82) is 0 Å². The third kappa shape index (κ3) is 3.57. The van der Waals surface area contributed by atoms with Gasteiger partial charge in [0, 0.05) is 34.1 Å². The summed E-state index contributed by atoms with van der Waals surface area (Å²) < 4.78 is 1.69. The molecule has 0 bridgehead atoms. The molecular weight excluding hydrogens is 350 g/mol. The Morgan fingerprint density at radius 2 is 2.04 bits per heavy atom. The zero-order chi connectivity index (χ0) is 19.1. The van der Waals surface area contributed by atoms with Crippen LogP contribution in [0.15, 0.2) is 11.2 Å². The first-order valence-electron chi connectivity index (χ1n) is 8.31. The molecule has 0 radical (unpaired) electrons. The Morgan fingerprint density at radius 3 is 2.65 bits per heavy atom. The van der Waals surface area contributed by atoms with Crippen LogP contribution in [-0.4, -0.2) is 41.9 Å². The second-order valence-electron chi connectivity index (χ2n) is 7.21. The second-order valence-corrected chi connectivity index (χ2v) is 7.99. The third-order valence-corrected chi connectivity index (χ3v) is 4.74. The Hall–Kier alpha value is -2.42. The van der Waals surface area contributed by atoms with Crippen molar-refractivity contribution < 1.29 is 4.79 Å². The number of rotatable bonds is 4. The molecule has 1 amide bonds. The van der Waals surface area contributed by atoms with Crippen molar-refractivity contribution in [2.45, 2.75) is 51.6 Å². The fraction of sp³-hybridized carbons (Fsp3) is 0.471. The van der Waals surface area contributed by atoms with Crippen LogP contribution in [0.2, 0.25) is 0 Å². The molecule has 0 aliphatic heterocycles. The Balaban J connectivity index is 1.82. The van der Waals surface area contributed by atoms with Crippen LogP contribution in [-0.2, 0) is 16.6 Å². The Labute approximate surface area is 156 Å². The molecule has 0 atom stereocenters. The number of amides is 1. The summed E-state index contributed by atoms with van der Waals surface area (Å²) in [6, 6.07) is 1.86. The van der Waals surface area contributed by atoms with Crippen LogP contribution in [0.4, 0.5) is 5.82 Å². The standard InChI is InChI=1S/C17H23N7OS/c1-9-11(10(2)24-15(18-9)20-16(23-24)26-6)7-14(25)19-13-8-12(21-22-13)17(3,4)5/h8H,7H2,1-6H3,(H2,19,21,22,25). The molecule has 3 aromatic heterocycles. The van der Waals surface area contributed by atoms with Crippen LogP contribution in [0, 0.1) is 13.8 Å². The number of aromatic amines is 1. The topological polar surface area (TPSA) is 101 Å². The molecule has 0 aliphatic rings. The van der Waals surface area contributed by atoms with E-state index in [0.717, 1.165) is 22.6 Å². The van der Waals surface area contributed by atoms with Gasteiger partial charge in [-0.25, -0.2) is 9.50 Å². The maximum Gasteiger partial charge on any atom is 0.253 e. The number of anilines is 1. The van der Waals surface area contributed by atoms with E-state index in [-0.39, 0.29) is 17.7 Å².